The molecular weight excluding hydrogens is 431 g/mol. The first-order valence-electron chi connectivity index (χ1n) is 11.5. The van der Waals surface area contributed by atoms with E-state index in [-0.39, 0.29) is 23.4 Å². The predicted octanol–water partition coefficient (Wildman–Crippen LogP) is 5.69. The van der Waals surface area contributed by atoms with Gasteiger partial charge in [0.1, 0.15) is 0 Å². The van der Waals surface area contributed by atoms with E-state index in [9.17, 15) is 9.59 Å². The molecule has 0 aliphatic carbocycles. The van der Waals surface area contributed by atoms with Crippen molar-refractivity contribution in [3.8, 4) is 0 Å². The molecule has 0 aromatic heterocycles. The molecule has 178 valence electrons. The van der Waals surface area contributed by atoms with Gasteiger partial charge < -0.3 is 14.5 Å². The Morgan fingerprint density at radius 1 is 0.882 bits per heavy atom. The Balaban J connectivity index is 2.13. The maximum Gasteiger partial charge on any atom is 0.338 e. The zero-order valence-corrected chi connectivity index (χ0v) is 20.0. The van der Waals surface area contributed by atoms with E-state index in [1.807, 2.05) is 72.5 Å². The number of carbonyl (C=O) groups excluding carboxylic acids is 2. The van der Waals surface area contributed by atoms with Crippen LogP contribution in [0.1, 0.15) is 52.1 Å². The summed E-state index contributed by atoms with van der Waals surface area (Å²) in [5.74, 6) is -1.70. The van der Waals surface area contributed by atoms with Gasteiger partial charge in [-0.1, -0.05) is 67.6 Å². The zero-order chi connectivity index (χ0) is 24.5. The van der Waals surface area contributed by atoms with Gasteiger partial charge in [0.25, 0.3) is 5.91 Å². The molecule has 5 nitrogen and oxygen atoms in total. The highest BCUT2D eigenvalue weighted by Crippen LogP contribution is 2.29. The summed E-state index contributed by atoms with van der Waals surface area (Å²) in [7, 11) is 1.63. The lowest BCUT2D eigenvalue weighted by molar-refractivity contribution is 0.0526. The van der Waals surface area contributed by atoms with Gasteiger partial charge in [0.2, 0.25) is 0 Å². The molecule has 0 fully saturated rings. The number of esters is 1. The largest absolute Gasteiger partial charge is 0.462 e. The van der Waals surface area contributed by atoms with Crippen molar-refractivity contribution in [1.82, 2.24) is 4.90 Å². The number of halogens is 1. The number of nitrogens with zero attached hydrogens (tertiary/aromatic N) is 2. The lowest BCUT2D eigenvalue weighted by Gasteiger charge is -2.27. The van der Waals surface area contributed by atoms with Crippen molar-refractivity contribution < 1.29 is 18.7 Å². The van der Waals surface area contributed by atoms with Gasteiger partial charge in [0.15, 0.2) is 5.82 Å². The number of carbonyl (C=O) groups is 2. The van der Waals surface area contributed by atoms with E-state index in [1.54, 1.807) is 14.0 Å². The van der Waals surface area contributed by atoms with Gasteiger partial charge in [-0.2, -0.15) is 0 Å². The fraction of sp³-hybridized carbons (Fsp3) is 0.286. The van der Waals surface area contributed by atoms with Crippen LogP contribution in [-0.2, 0) is 17.8 Å². The molecule has 3 aromatic carbocycles. The first kappa shape index (κ1) is 25.0. The highest BCUT2D eigenvalue weighted by atomic mass is 19.1. The van der Waals surface area contributed by atoms with Crippen LogP contribution in [0.15, 0.2) is 72.8 Å². The zero-order valence-electron chi connectivity index (χ0n) is 20.0. The average molecular weight is 463 g/mol. The Morgan fingerprint density at radius 3 is 1.94 bits per heavy atom. The first-order chi connectivity index (χ1) is 16.4. The van der Waals surface area contributed by atoms with Crippen molar-refractivity contribution in [1.29, 1.82) is 0 Å². The monoisotopic (exact) mass is 462 g/mol. The van der Waals surface area contributed by atoms with Crippen LogP contribution < -0.4 is 4.90 Å². The molecular formula is C28H31FN2O3. The van der Waals surface area contributed by atoms with Gasteiger partial charge in [-0.15, -0.1) is 0 Å². The lowest BCUT2D eigenvalue weighted by atomic mass is 10.0. The van der Waals surface area contributed by atoms with Crippen molar-refractivity contribution in [2.45, 2.75) is 33.4 Å². The van der Waals surface area contributed by atoms with Crippen LogP contribution in [0.4, 0.5) is 10.1 Å². The van der Waals surface area contributed by atoms with E-state index in [0.717, 1.165) is 17.5 Å². The third-order valence-corrected chi connectivity index (χ3v) is 5.47. The van der Waals surface area contributed by atoms with E-state index < -0.39 is 17.7 Å². The summed E-state index contributed by atoms with van der Waals surface area (Å²) in [6.07, 6.45) is 0.739. The Kier molecular flexibility index (Phi) is 8.79. The maximum atomic E-state index is 16.0. The molecule has 0 aliphatic heterocycles. The minimum atomic E-state index is -0.645. The Bertz CT molecular complexity index is 1060. The summed E-state index contributed by atoms with van der Waals surface area (Å²) in [6.45, 7) is 5.12. The van der Waals surface area contributed by atoms with Crippen LogP contribution in [0.5, 0.6) is 0 Å². The third-order valence-electron chi connectivity index (χ3n) is 5.47. The highest BCUT2D eigenvalue weighted by molar-refractivity contribution is 5.99. The van der Waals surface area contributed by atoms with Crippen LogP contribution in [0.25, 0.3) is 0 Å². The standard InChI is InChI=1S/C28H31FN2O3/c1-4-16-30(3)27(32)24-17-23(28(33)34-5-2)18-25(26(24)29)31(19-21-12-8-6-9-13-21)20-22-14-10-7-11-15-22/h6-15,17-18H,4-5,16,19-20H2,1-3H3. The molecule has 0 unspecified atom stereocenters. The quantitative estimate of drug-likeness (QED) is 0.363. The van der Waals surface area contributed by atoms with Crippen LogP contribution in [-0.4, -0.2) is 37.0 Å². The number of rotatable bonds is 10. The van der Waals surface area contributed by atoms with E-state index in [2.05, 4.69) is 0 Å². The molecule has 3 aromatic rings. The smallest absolute Gasteiger partial charge is 0.338 e. The van der Waals surface area contributed by atoms with E-state index in [1.165, 1.54) is 17.0 Å². The van der Waals surface area contributed by atoms with Crippen LogP contribution >= 0.6 is 0 Å². The summed E-state index contributed by atoms with van der Waals surface area (Å²) in [4.78, 5) is 29.0. The topological polar surface area (TPSA) is 49.9 Å². The number of hydrogen-bond acceptors (Lipinski definition) is 4. The van der Waals surface area contributed by atoms with Crippen molar-refractivity contribution >= 4 is 17.6 Å². The molecule has 0 saturated carbocycles. The van der Waals surface area contributed by atoms with Crippen molar-refractivity contribution in [2.75, 3.05) is 25.1 Å². The van der Waals surface area contributed by atoms with Crippen LogP contribution in [0.3, 0.4) is 0 Å². The fourth-order valence-corrected chi connectivity index (χ4v) is 3.80. The molecule has 0 radical (unpaired) electrons. The van der Waals surface area contributed by atoms with Crippen molar-refractivity contribution in [2.24, 2.45) is 0 Å². The van der Waals surface area contributed by atoms with Crippen LogP contribution in [0, 0.1) is 5.82 Å². The number of benzene rings is 3. The molecule has 1 amide bonds. The second kappa shape index (κ2) is 12.0. The lowest BCUT2D eigenvalue weighted by Crippen LogP contribution is -2.30. The van der Waals surface area contributed by atoms with E-state index >= 15 is 4.39 Å². The minimum absolute atomic E-state index is 0.136. The molecule has 0 saturated heterocycles. The Hall–Kier alpha value is -3.67. The normalized spacial score (nSPS) is 10.6. The fourth-order valence-electron chi connectivity index (χ4n) is 3.80. The average Bonchev–Trinajstić information content (AvgIpc) is 2.85. The van der Waals surface area contributed by atoms with Crippen LogP contribution in [0.2, 0.25) is 0 Å². The SMILES string of the molecule is CCCN(C)C(=O)c1cc(C(=O)OCC)cc(N(Cc2ccccc2)Cc2ccccc2)c1F. The maximum absolute atomic E-state index is 16.0. The molecule has 0 N–H and O–H groups in total. The summed E-state index contributed by atoms with van der Waals surface area (Å²) >= 11 is 0. The number of ether oxygens (including phenoxy) is 1. The number of anilines is 1. The second-order valence-corrected chi connectivity index (χ2v) is 8.13. The molecule has 0 spiro atoms. The summed E-state index contributed by atoms with van der Waals surface area (Å²) in [6, 6.07) is 22.2. The second-order valence-electron chi connectivity index (χ2n) is 8.13. The van der Waals surface area contributed by atoms with Gasteiger partial charge in [0, 0.05) is 26.7 Å². The van der Waals surface area contributed by atoms with Gasteiger partial charge in [-0.25, -0.2) is 9.18 Å². The van der Waals surface area contributed by atoms with Gasteiger partial charge >= 0.3 is 5.97 Å². The molecule has 0 aliphatic rings. The Morgan fingerprint density at radius 2 is 1.44 bits per heavy atom. The minimum Gasteiger partial charge on any atom is -0.462 e. The summed E-state index contributed by atoms with van der Waals surface area (Å²) in [5.41, 5.74) is 2.16. The molecule has 0 atom stereocenters. The molecule has 0 heterocycles. The van der Waals surface area contributed by atoms with Gasteiger partial charge in [-0.05, 0) is 36.6 Å². The molecule has 34 heavy (non-hydrogen) atoms. The van der Waals surface area contributed by atoms with Gasteiger partial charge in [0.05, 0.1) is 23.4 Å². The Labute approximate surface area is 200 Å². The molecule has 3 rings (SSSR count). The number of amides is 1. The molecule has 0 bridgehead atoms. The van der Waals surface area contributed by atoms with Crippen molar-refractivity contribution in [3.63, 3.8) is 0 Å². The van der Waals surface area contributed by atoms with Crippen molar-refractivity contribution in [3.05, 3.63) is 101 Å². The summed E-state index contributed by atoms with van der Waals surface area (Å²) < 4.78 is 21.1. The molecule has 6 heteroatoms. The van der Waals surface area contributed by atoms with Gasteiger partial charge in [-0.3, -0.25) is 4.79 Å². The number of hydrogen-bond donors (Lipinski definition) is 0. The van der Waals surface area contributed by atoms with E-state index in [4.69, 9.17) is 4.74 Å². The first-order valence-corrected chi connectivity index (χ1v) is 11.5. The summed E-state index contributed by atoms with van der Waals surface area (Å²) in [5, 5.41) is 0. The third kappa shape index (κ3) is 6.22. The predicted molar refractivity (Wildman–Crippen MR) is 132 cm³/mol. The highest BCUT2D eigenvalue weighted by Gasteiger charge is 2.25. The van der Waals surface area contributed by atoms with E-state index in [0.29, 0.717) is 19.6 Å².